The van der Waals surface area contributed by atoms with Gasteiger partial charge < -0.3 is 14.8 Å². The Hall–Kier alpha value is -1.22. The maximum absolute atomic E-state index is 5.83. The molecule has 0 aliphatic carbocycles. The summed E-state index contributed by atoms with van der Waals surface area (Å²) >= 11 is 0. The monoisotopic (exact) mass is 335 g/mol. The molecule has 0 heterocycles. The van der Waals surface area contributed by atoms with E-state index in [1.54, 1.807) is 7.11 Å². The molecule has 3 nitrogen and oxygen atoms in total. The summed E-state index contributed by atoms with van der Waals surface area (Å²) in [5.41, 5.74) is 1.25. The first-order valence-electron chi connectivity index (χ1n) is 9.82. The highest BCUT2D eigenvalue weighted by Crippen LogP contribution is 2.28. The molecule has 0 unspecified atom stereocenters. The minimum absolute atomic E-state index is 0.764. The van der Waals surface area contributed by atoms with Crippen LogP contribution < -0.4 is 14.8 Å². The van der Waals surface area contributed by atoms with Crippen molar-refractivity contribution >= 4 is 0 Å². The summed E-state index contributed by atoms with van der Waals surface area (Å²) in [5, 5.41) is 3.53. The highest BCUT2D eigenvalue weighted by molar-refractivity contribution is 5.42. The number of rotatable bonds is 15. The van der Waals surface area contributed by atoms with Crippen molar-refractivity contribution in [3.8, 4) is 11.5 Å². The molecule has 0 aliphatic rings. The van der Waals surface area contributed by atoms with Crippen LogP contribution in [0, 0.1) is 0 Å². The van der Waals surface area contributed by atoms with Gasteiger partial charge in [-0.25, -0.2) is 0 Å². The fourth-order valence-corrected chi connectivity index (χ4v) is 2.74. The average molecular weight is 336 g/mol. The minimum atomic E-state index is 0.764. The van der Waals surface area contributed by atoms with E-state index in [1.165, 1.54) is 56.9 Å². The molecule has 138 valence electrons. The van der Waals surface area contributed by atoms with Crippen LogP contribution in [0.3, 0.4) is 0 Å². The number of nitrogens with one attached hydrogen (secondary N) is 1. The van der Waals surface area contributed by atoms with E-state index in [4.69, 9.17) is 9.47 Å². The average Bonchev–Trinajstić information content (AvgIpc) is 2.61. The van der Waals surface area contributed by atoms with Gasteiger partial charge in [-0.3, -0.25) is 0 Å². The van der Waals surface area contributed by atoms with Gasteiger partial charge in [0.05, 0.1) is 13.7 Å². The maximum Gasteiger partial charge on any atom is 0.161 e. The van der Waals surface area contributed by atoms with Crippen molar-refractivity contribution < 1.29 is 9.47 Å². The molecule has 1 rings (SSSR count). The molecule has 0 aromatic heterocycles. The van der Waals surface area contributed by atoms with Crippen LogP contribution in [0.5, 0.6) is 11.5 Å². The fraction of sp³-hybridized carbons (Fsp3) is 0.714. The topological polar surface area (TPSA) is 30.5 Å². The lowest BCUT2D eigenvalue weighted by molar-refractivity contribution is 0.286. The maximum atomic E-state index is 5.83. The van der Waals surface area contributed by atoms with Gasteiger partial charge in [-0.1, -0.05) is 64.9 Å². The van der Waals surface area contributed by atoms with Crippen LogP contribution in [-0.4, -0.2) is 20.3 Å². The molecule has 0 fully saturated rings. The largest absolute Gasteiger partial charge is 0.493 e. The molecular formula is C21H37NO2. The lowest BCUT2D eigenvalue weighted by Crippen LogP contribution is -2.14. The van der Waals surface area contributed by atoms with Crippen LogP contribution in [0.1, 0.15) is 77.2 Å². The fourth-order valence-electron chi connectivity index (χ4n) is 2.74. The van der Waals surface area contributed by atoms with Crippen LogP contribution in [-0.2, 0) is 6.54 Å². The van der Waals surface area contributed by atoms with Crippen molar-refractivity contribution in [2.45, 2.75) is 78.2 Å². The van der Waals surface area contributed by atoms with Gasteiger partial charge in [0.2, 0.25) is 0 Å². The zero-order valence-electron chi connectivity index (χ0n) is 16.0. The first-order chi connectivity index (χ1) is 11.8. The van der Waals surface area contributed by atoms with Gasteiger partial charge in [0.25, 0.3) is 0 Å². The van der Waals surface area contributed by atoms with Crippen LogP contribution in [0.4, 0.5) is 0 Å². The van der Waals surface area contributed by atoms with Crippen molar-refractivity contribution in [1.29, 1.82) is 0 Å². The molecule has 3 heteroatoms. The Balaban J connectivity index is 2.25. The van der Waals surface area contributed by atoms with E-state index in [2.05, 4.69) is 31.3 Å². The third-order valence-corrected chi connectivity index (χ3v) is 4.27. The Morgan fingerprint density at radius 2 is 1.54 bits per heavy atom. The Labute approximate surface area is 149 Å². The van der Waals surface area contributed by atoms with Gasteiger partial charge in [0, 0.05) is 6.54 Å². The smallest absolute Gasteiger partial charge is 0.161 e. The second kappa shape index (κ2) is 14.2. The van der Waals surface area contributed by atoms with E-state index in [0.717, 1.165) is 37.6 Å². The molecule has 0 saturated carbocycles. The van der Waals surface area contributed by atoms with Crippen LogP contribution in [0.15, 0.2) is 18.2 Å². The van der Waals surface area contributed by atoms with Crippen molar-refractivity contribution in [1.82, 2.24) is 5.32 Å². The molecule has 0 amide bonds. The summed E-state index contributed by atoms with van der Waals surface area (Å²) in [6.07, 6.45) is 11.6. The van der Waals surface area contributed by atoms with E-state index in [1.807, 2.05) is 6.07 Å². The summed E-state index contributed by atoms with van der Waals surface area (Å²) in [5.74, 6) is 1.69. The molecule has 1 aromatic carbocycles. The predicted molar refractivity (Wildman–Crippen MR) is 103 cm³/mol. The quantitative estimate of drug-likeness (QED) is 0.416. The molecule has 0 radical (unpaired) electrons. The number of methoxy groups -OCH3 is 1. The van der Waals surface area contributed by atoms with E-state index < -0.39 is 0 Å². The molecule has 1 aromatic rings. The molecule has 0 atom stereocenters. The minimum Gasteiger partial charge on any atom is -0.493 e. The van der Waals surface area contributed by atoms with E-state index in [0.29, 0.717) is 0 Å². The van der Waals surface area contributed by atoms with Crippen molar-refractivity contribution in [3.63, 3.8) is 0 Å². The lowest BCUT2D eigenvalue weighted by Gasteiger charge is -2.12. The third kappa shape index (κ3) is 9.17. The number of hydrogen-bond donors (Lipinski definition) is 1. The summed E-state index contributed by atoms with van der Waals surface area (Å²) in [6.45, 7) is 7.20. The van der Waals surface area contributed by atoms with E-state index >= 15 is 0 Å². The van der Waals surface area contributed by atoms with Gasteiger partial charge >= 0.3 is 0 Å². The Morgan fingerprint density at radius 1 is 0.833 bits per heavy atom. The normalized spacial score (nSPS) is 10.8. The second-order valence-electron chi connectivity index (χ2n) is 6.49. The number of benzene rings is 1. The molecule has 0 bridgehead atoms. The zero-order valence-corrected chi connectivity index (χ0v) is 16.0. The first kappa shape index (κ1) is 20.8. The van der Waals surface area contributed by atoms with Gasteiger partial charge in [-0.05, 0) is 37.1 Å². The summed E-state index contributed by atoms with van der Waals surface area (Å²) in [4.78, 5) is 0. The highest BCUT2D eigenvalue weighted by Gasteiger charge is 2.05. The van der Waals surface area contributed by atoms with Gasteiger partial charge in [-0.15, -0.1) is 0 Å². The third-order valence-electron chi connectivity index (χ3n) is 4.27. The second-order valence-corrected chi connectivity index (χ2v) is 6.49. The van der Waals surface area contributed by atoms with Crippen molar-refractivity contribution in [2.24, 2.45) is 0 Å². The van der Waals surface area contributed by atoms with Crippen LogP contribution in [0.25, 0.3) is 0 Å². The Bertz CT molecular complexity index is 420. The number of unbranched alkanes of at least 4 members (excludes halogenated alkanes) is 7. The standard InChI is InChI=1S/C21H37NO2/c1-4-6-8-9-10-11-15-22-18-19-13-14-20(21(17-19)23-3)24-16-12-7-5-2/h13-14,17,22H,4-12,15-16,18H2,1-3H3. The van der Waals surface area contributed by atoms with Crippen LogP contribution >= 0.6 is 0 Å². The predicted octanol–water partition coefficient (Wildman–Crippen LogP) is 5.71. The lowest BCUT2D eigenvalue weighted by atomic mass is 10.1. The zero-order chi connectivity index (χ0) is 17.5. The van der Waals surface area contributed by atoms with Crippen molar-refractivity contribution in [2.75, 3.05) is 20.3 Å². The molecule has 24 heavy (non-hydrogen) atoms. The summed E-state index contributed by atoms with van der Waals surface area (Å²) in [7, 11) is 1.71. The Morgan fingerprint density at radius 3 is 2.29 bits per heavy atom. The highest BCUT2D eigenvalue weighted by atomic mass is 16.5. The molecule has 1 N–H and O–H groups in total. The van der Waals surface area contributed by atoms with E-state index in [-0.39, 0.29) is 0 Å². The summed E-state index contributed by atoms with van der Waals surface area (Å²) < 4.78 is 11.3. The SMILES string of the molecule is CCCCCCCCNCc1ccc(OCCCCC)c(OC)c1. The molecular weight excluding hydrogens is 298 g/mol. The number of hydrogen-bond acceptors (Lipinski definition) is 3. The van der Waals surface area contributed by atoms with E-state index in [9.17, 15) is 0 Å². The summed E-state index contributed by atoms with van der Waals surface area (Å²) in [6, 6.07) is 6.25. The van der Waals surface area contributed by atoms with Gasteiger partial charge in [0.1, 0.15) is 0 Å². The molecule has 0 spiro atoms. The molecule has 0 saturated heterocycles. The van der Waals surface area contributed by atoms with Gasteiger partial charge in [0.15, 0.2) is 11.5 Å². The molecule has 0 aliphatic heterocycles. The number of ether oxygens (including phenoxy) is 2. The first-order valence-corrected chi connectivity index (χ1v) is 9.82. The van der Waals surface area contributed by atoms with Crippen LogP contribution in [0.2, 0.25) is 0 Å². The Kier molecular flexibility index (Phi) is 12.3. The van der Waals surface area contributed by atoms with Gasteiger partial charge in [-0.2, -0.15) is 0 Å². The van der Waals surface area contributed by atoms with Crippen molar-refractivity contribution in [3.05, 3.63) is 23.8 Å².